The van der Waals surface area contributed by atoms with E-state index in [2.05, 4.69) is 10.6 Å². The topological polar surface area (TPSA) is 98.7 Å². The minimum absolute atomic E-state index is 0.397. The molecule has 15 heavy (non-hydrogen) atoms. The molecular formula is C9H14N2O4. The van der Waals surface area contributed by atoms with Gasteiger partial charge >= 0.3 is 0 Å². The van der Waals surface area contributed by atoms with Gasteiger partial charge in [-0.1, -0.05) is 12.2 Å². The van der Waals surface area contributed by atoms with Crippen LogP contribution < -0.4 is 10.6 Å². The number of carbonyl (C=O) groups is 2. The van der Waals surface area contributed by atoms with Crippen LogP contribution in [0.1, 0.15) is 6.42 Å². The SMILES string of the molecule is O=C(C=CCC=CC(=O)NCO)NCO. The molecule has 6 nitrogen and oxygen atoms in total. The Morgan fingerprint density at radius 3 is 1.67 bits per heavy atom. The van der Waals surface area contributed by atoms with E-state index in [4.69, 9.17) is 10.2 Å². The van der Waals surface area contributed by atoms with Crippen LogP contribution in [0.4, 0.5) is 0 Å². The Bertz CT molecular complexity index is 235. The largest absolute Gasteiger partial charge is 0.376 e. The van der Waals surface area contributed by atoms with E-state index < -0.39 is 25.3 Å². The molecule has 0 heterocycles. The van der Waals surface area contributed by atoms with Gasteiger partial charge in [-0.05, 0) is 18.6 Å². The maximum Gasteiger partial charge on any atom is 0.245 e. The van der Waals surface area contributed by atoms with Crippen LogP contribution in [-0.2, 0) is 9.59 Å². The third-order valence-electron chi connectivity index (χ3n) is 1.32. The minimum Gasteiger partial charge on any atom is -0.376 e. The minimum atomic E-state index is -0.405. The van der Waals surface area contributed by atoms with Crippen molar-refractivity contribution in [2.45, 2.75) is 6.42 Å². The molecule has 0 aromatic heterocycles. The van der Waals surface area contributed by atoms with Crippen molar-refractivity contribution in [3.63, 3.8) is 0 Å². The lowest BCUT2D eigenvalue weighted by Gasteiger charge is -1.93. The fraction of sp³-hybridized carbons (Fsp3) is 0.333. The van der Waals surface area contributed by atoms with Crippen molar-refractivity contribution in [2.24, 2.45) is 0 Å². The van der Waals surface area contributed by atoms with Crippen molar-refractivity contribution in [1.82, 2.24) is 10.6 Å². The predicted molar refractivity (Wildman–Crippen MR) is 53.4 cm³/mol. The fourth-order valence-corrected chi connectivity index (χ4v) is 0.702. The molecule has 0 aliphatic carbocycles. The van der Waals surface area contributed by atoms with Crippen molar-refractivity contribution in [1.29, 1.82) is 0 Å². The van der Waals surface area contributed by atoms with Gasteiger partial charge in [-0.3, -0.25) is 9.59 Å². The van der Waals surface area contributed by atoms with Crippen LogP contribution in [-0.4, -0.2) is 35.5 Å². The Hall–Kier alpha value is -1.66. The number of allylic oxidation sites excluding steroid dienone is 2. The van der Waals surface area contributed by atoms with Crippen molar-refractivity contribution >= 4 is 11.8 Å². The molecule has 6 heteroatoms. The van der Waals surface area contributed by atoms with E-state index in [0.29, 0.717) is 6.42 Å². The molecule has 2 amide bonds. The number of hydrogen-bond donors (Lipinski definition) is 4. The summed E-state index contributed by atoms with van der Waals surface area (Å²) >= 11 is 0. The molecule has 4 N–H and O–H groups in total. The van der Waals surface area contributed by atoms with Gasteiger partial charge in [0.15, 0.2) is 0 Å². The van der Waals surface area contributed by atoms with Crippen molar-refractivity contribution in [3.8, 4) is 0 Å². The Kier molecular flexibility index (Phi) is 7.93. The first-order valence-electron chi connectivity index (χ1n) is 4.31. The third kappa shape index (κ3) is 8.66. The van der Waals surface area contributed by atoms with Crippen LogP contribution in [0.25, 0.3) is 0 Å². The number of carbonyl (C=O) groups excluding carboxylic acids is 2. The summed E-state index contributed by atoms with van der Waals surface area (Å²) in [6.45, 7) is -0.810. The molecule has 0 atom stereocenters. The summed E-state index contributed by atoms with van der Waals surface area (Å²) in [7, 11) is 0. The molecule has 0 saturated heterocycles. The standard InChI is InChI=1S/C9H14N2O4/c12-6-10-8(14)4-2-1-3-5-9(15)11-7-13/h2-5,12-13H,1,6-7H2,(H,10,14)(H,11,15). The average Bonchev–Trinajstić information content (AvgIpc) is 2.18. The summed E-state index contributed by atoms with van der Waals surface area (Å²) in [5.74, 6) is -0.795. The number of hydrogen-bond acceptors (Lipinski definition) is 4. The first-order valence-corrected chi connectivity index (χ1v) is 4.31. The van der Waals surface area contributed by atoms with Gasteiger partial charge in [-0.15, -0.1) is 0 Å². The maximum absolute atomic E-state index is 10.7. The van der Waals surface area contributed by atoms with Crippen LogP contribution >= 0.6 is 0 Å². The second kappa shape index (κ2) is 8.92. The molecule has 0 bridgehead atoms. The lowest BCUT2D eigenvalue weighted by molar-refractivity contribution is -0.118. The quantitative estimate of drug-likeness (QED) is 0.323. The summed E-state index contributed by atoms with van der Waals surface area (Å²) in [5.41, 5.74) is 0. The zero-order chi connectivity index (χ0) is 11.5. The van der Waals surface area contributed by atoms with Crippen molar-refractivity contribution in [2.75, 3.05) is 13.5 Å². The lowest BCUT2D eigenvalue weighted by atomic mass is 10.3. The maximum atomic E-state index is 10.7. The molecule has 84 valence electrons. The van der Waals surface area contributed by atoms with E-state index in [-0.39, 0.29) is 0 Å². The molecule has 0 aliphatic heterocycles. The second-order valence-corrected chi connectivity index (χ2v) is 2.44. The molecule has 0 aromatic carbocycles. The number of aliphatic hydroxyl groups excluding tert-OH is 2. The molecule has 0 unspecified atom stereocenters. The van der Waals surface area contributed by atoms with Gasteiger partial charge in [0.2, 0.25) is 11.8 Å². The van der Waals surface area contributed by atoms with Crippen LogP contribution in [0.3, 0.4) is 0 Å². The normalized spacial score (nSPS) is 10.8. The number of aliphatic hydroxyl groups is 2. The molecule has 0 aliphatic rings. The summed E-state index contributed by atoms with van der Waals surface area (Å²) in [4.78, 5) is 21.5. The first-order chi connectivity index (χ1) is 7.20. The summed E-state index contributed by atoms with van der Waals surface area (Å²) in [5, 5.41) is 20.9. The van der Waals surface area contributed by atoms with Gasteiger partial charge in [0, 0.05) is 0 Å². The highest BCUT2D eigenvalue weighted by Gasteiger charge is 1.90. The van der Waals surface area contributed by atoms with Gasteiger partial charge < -0.3 is 20.8 Å². The molecule has 0 rings (SSSR count). The third-order valence-corrected chi connectivity index (χ3v) is 1.32. The monoisotopic (exact) mass is 214 g/mol. The van der Waals surface area contributed by atoms with E-state index in [1.54, 1.807) is 0 Å². The number of rotatable bonds is 6. The Labute approximate surface area is 87.3 Å². The Balaban J connectivity index is 3.68. The van der Waals surface area contributed by atoms with Gasteiger partial charge in [0.25, 0.3) is 0 Å². The highest BCUT2D eigenvalue weighted by atomic mass is 16.3. The van der Waals surface area contributed by atoms with Gasteiger partial charge in [-0.2, -0.15) is 0 Å². The first kappa shape index (κ1) is 13.3. The number of nitrogens with one attached hydrogen (secondary N) is 2. The molecule has 0 spiro atoms. The van der Waals surface area contributed by atoms with E-state index in [1.165, 1.54) is 24.3 Å². The van der Waals surface area contributed by atoms with Crippen molar-refractivity contribution in [3.05, 3.63) is 24.3 Å². The van der Waals surface area contributed by atoms with E-state index in [0.717, 1.165) is 0 Å². The van der Waals surface area contributed by atoms with Crippen LogP contribution in [0.2, 0.25) is 0 Å². The van der Waals surface area contributed by atoms with Crippen LogP contribution in [0.15, 0.2) is 24.3 Å². The summed E-state index contributed by atoms with van der Waals surface area (Å²) in [6.07, 6.45) is 5.99. The summed E-state index contributed by atoms with van der Waals surface area (Å²) < 4.78 is 0. The van der Waals surface area contributed by atoms with Gasteiger partial charge in [0.05, 0.1) is 0 Å². The Morgan fingerprint density at radius 1 is 0.933 bits per heavy atom. The molecule has 0 fully saturated rings. The van der Waals surface area contributed by atoms with Gasteiger partial charge in [0.1, 0.15) is 13.5 Å². The van der Waals surface area contributed by atoms with Crippen LogP contribution in [0.5, 0.6) is 0 Å². The average molecular weight is 214 g/mol. The number of amides is 2. The van der Waals surface area contributed by atoms with Crippen LogP contribution in [0, 0.1) is 0 Å². The van der Waals surface area contributed by atoms with E-state index in [9.17, 15) is 9.59 Å². The summed E-state index contributed by atoms with van der Waals surface area (Å²) in [6, 6.07) is 0. The molecular weight excluding hydrogens is 200 g/mol. The second-order valence-electron chi connectivity index (χ2n) is 2.44. The smallest absolute Gasteiger partial charge is 0.245 e. The fourth-order valence-electron chi connectivity index (χ4n) is 0.702. The molecule has 0 saturated carbocycles. The Morgan fingerprint density at radius 2 is 1.33 bits per heavy atom. The lowest BCUT2D eigenvalue weighted by Crippen LogP contribution is -2.21. The zero-order valence-corrected chi connectivity index (χ0v) is 8.14. The molecule has 0 aromatic rings. The highest BCUT2D eigenvalue weighted by molar-refractivity contribution is 5.88. The van der Waals surface area contributed by atoms with Gasteiger partial charge in [-0.25, -0.2) is 0 Å². The highest BCUT2D eigenvalue weighted by Crippen LogP contribution is 1.86. The van der Waals surface area contributed by atoms with E-state index in [1.807, 2.05) is 0 Å². The predicted octanol–water partition coefficient (Wildman–Crippen LogP) is -1.38. The van der Waals surface area contributed by atoms with E-state index >= 15 is 0 Å². The molecule has 0 radical (unpaired) electrons. The van der Waals surface area contributed by atoms with Crippen molar-refractivity contribution < 1.29 is 19.8 Å². The zero-order valence-electron chi connectivity index (χ0n) is 8.14.